The number of carbonyl (C=O) groups is 6. The summed E-state index contributed by atoms with van der Waals surface area (Å²) < 4.78 is 0. The van der Waals surface area contributed by atoms with Crippen LogP contribution in [0.25, 0.3) is 0 Å². The number of imide groups is 2. The number of hydrogen-bond acceptors (Lipinski definition) is 9. The lowest BCUT2D eigenvalue weighted by molar-refractivity contribution is -0.142. The van der Waals surface area contributed by atoms with Crippen LogP contribution in [0.15, 0.2) is 4.99 Å². The molecule has 0 aromatic heterocycles. The van der Waals surface area contributed by atoms with E-state index in [4.69, 9.17) is 18.7 Å². The molecule has 11 nitrogen and oxygen atoms in total. The first-order chi connectivity index (χ1) is 19.3. The van der Waals surface area contributed by atoms with Crippen molar-refractivity contribution in [3.8, 4) is 0 Å². The van der Waals surface area contributed by atoms with Gasteiger partial charge in [0.1, 0.15) is 7.57 Å². The van der Waals surface area contributed by atoms with Gasteiger partial charge in [0.2, 0.25) is 33.3 Å². The third-order valence-corrected chi connectivity index (χ3v) is 9.21. The first-order valence-electron chi connectivity index (χ1n) is 11.9. The Morgan fingerprint density at radius 3 is 1.44 bits per heavy atom. The largest absolute Gasteiger partial charge is 0.329 e. The number of nitrogens with one attached hydrogen (secondary N) is 1. The second kappa shape index (κ2) is 28.1. The highest BCUT2D eigenvalue weighted by Gasteiger charge is 2.52. The van der Waals surface area contributed by atoms with Gasteiger partial charge in [-0.1, -0.05) is 40.8 Å². The maximum absolute atomic E-state index is 11.7. The number of amides is 4. The Morgan fingerprint density at radius 2 is 1.20 bits per heavy atom. The van der Waals surface area contributed by atoms with E-state index in [1.165, 1.54) is 4.90 Å². The van der Waals surface area contributed by atoms with E-state index in [0.717, 1.165) is 21.8 Å². The molecule has 3 aliphatic rings. The lowest BCUT2D eigenvalue weighted by Gasteiger charge is -2.25. The predicted octanol–water partition coefficient (Wildman–Crippen LogP) is 2.93. The van der Waals surface area contributed by atoms with Crippen LogP contribution in [-0.4, -0.2) is 121 Å². The number of nitrogens with two attached hydrogens (primary N) is 1. The summed E-state index contributed by atoms with van der Waals surface area (Å²) in [6.45, 7) is 12.5. The van der Waals surface area contributed by atoms with Crippen molar-refractivity contribution >= 4 is 155 Å². The maximum atomic E-state index is 11.7. The standard InChI is InChI=1S/C11H12N2O4.C6H10N2O2.CH3BIP.2CH4BIP.CH3N/c1-12-11(7(14)2-3-8(11)15)6-13-9(16)4-5-10(13)17;7-3-4-8-5(9)1-2-6(8)10;1-4(2)3;2*1-4-2-3;1-2/h1-6H2;1-4,7H2;1H3;2*4H,1H3;2H,1H2. The number of rotatable bonds is 7. The molecule has 2 saturated heterocycles. The minimum absolute atomic E-state index is 0.0875. The van der Waals surface area contributed by atoms with Crippen LogP contribution >= 0.6 is 89.2 Å². The van der Waals surface area contributed by atoms with Crippen molar-refractivity contribution in [1.82, 2.24) is 9.80 Å². The van der Waals surface area contributed by atoms with Crippen LogP contribution in [0, 0.1) is 5.41 Å². The molecule has 41 heavy (non-hydrogen) atoms. The normalized spacial score (nSPS) is 17.8. The van der Waals surface area contributed by atoms with Gasteiger partial charge in [-0.3, -0.25) is 43.6 Å². The molecule has 1 saturated carbocycles. The molecule has 2 heterocycles. The Morgan fingerprint density at radius 1 is 0.902 bits per heavy atom. The summed E-state index contributed by atoms with van der Waals surface area (Å²) in [7, 11) is 7.17. The molecule has 2 aliphatic heterocycles. The van der Waals surface area contributed by atoms with Crippen molar-refractivity contribution in [1.29, 1.82) is 5.41 Å². The van der Waals surface area contributed by atoms with Crippen LogP contribution in [0.5, 0.6) is 0 Å². The fraction of sp³-hybridized carbons (Fsp3) is 0.619. The molecule has 3 atom stereocenters. The molecule has 0 aromatic rings. The maximum Gasteiger partial charge on any atom is 0.229 e. The Labute approximate surface area is 290 Å². The minimum atomic E-state index is -1.60. The molecule has 0 spiro atoms. The average molecular weight is 961 g/mol. The van der Waals surface area contributed by atoms with E-state index in [0.29, 0.717) is 25.9 Å². The topological polar surface area (TPSA) is 171 Å². The van der Waals surface area contributed by atoms with E-state index in [-0.39, 0.29) is 72.9 Å². The lowest BCUT2D eigenvalue weighted by atomic mass is 9.95. The van der Waals surface area contributed by atoms with Gasteiger partial charge < -0.3 is 11.1 Å². The van der Waals surface area contributed by atoms with E-state index >= 15 is 0 Å². The number of hydrogen-bond donors (Lipinski definition) is 2. The van der Waals surface area contributed by atoms with Crippen molar-refractivity contribution in [3.63, 3.8) is 0 Å². The van der Waals surface area contributed by atoms with E-state index in [1.54, 1.807) is 0 Å². The summed E-state index contributed by atoms with van der Waals surface area (Å²) in [5, 5.41) is 5.50. The Hall–Kier alpha value is 0.595. The van der Waals surface area contributed by atoms with Crippen LogP contribution in [0.1, 0.15) is 38.5 Å². The van der Waals surface area contributed by atoms with E-state index in [1.807, 2.05) is 6.66 Å². The van der Waals surface area contributed by atoms with Crippen molar-refractivity contribution in [3.05, 3.63) is 0 Å². The molecule has 226 valence electrons. The number of Topliss-reactive ketones (excluding diaryl/α,β-unsaturated/α-hetero) is 2. The molecule has 0 bridgehead atoms. The quantitative estimate of drug-likeness (QED) is 0.0988. The number of halogens is 3. The number of aliphatic imine (C=N–C) groups is 1. The summed E-state index contributed by atoms with van der Waals surface area (Å²) >= 11 is 6.66. The zero-order valence-corrected chi connectivity index (χ0v) is 32.8. The summed E-state index contributed by atoms with van der Waals surface area (Å²) in [5.74, 6) is -1.60. The van der Waals surface area contributed by atoms with Crippen LogP contribution in [-0.2, 0) is 28.8 Å². The third kappa shape index (κ3) is 18.9. The number of ketones is 2. The first kappa shape index (κ1) is 46.0. The van der Waals surface area contributed by atoms with Gasteiger partial charge in [0.25, 0.3) is 0 Å². The zero-order valence-electron chi connectivity index (χ0n) is 23.5. The van der Waals surface area contributed by atoms with Crippen LogP contribution < -0.4 is 5.73 Å². The van der Waals surface area contributed by atoms with Crippen molar-refractivity contribution in [2.24, 2.45) is 10.7 Å². The second-order valence-corrected chi connectivity index (χ2v) is 18.7. The van der Waals surface area contributed by atoms with Crippen molar-refractivity contribution in [2.75, 3.05) is 39.6 Å². The SMILES string of the molecule is C=N.C=NC1(CN2C(=O)CCC2=O)C(=O)CCC1=O.CP[B]I.CP[B]I.NCCN1C(=O)CCC1=O.[B]P(C)I. The molecule has 4 radical (unpaired) electrons. The molecule has 3 fully saturated rings. The first-order valence-corrected chi connectivity index (χ1v) is 22.2. The van der Waals surface area contributed by atoms with Crippen LogP contribution in [0.2, 0.25) is 0 Å². The monoisotopic (exact) mass is 961 g/mol. The molecular weight excluding hydrogens is 924 g/mol. The fourth-order valence-corrected chi connectivity index (χ4v) is 3.23. The van der Waals surface area contributed by atoms with Gasteiger partial charge in [0, 0.05) is 51.6 Å². The predicted molar refractivity (Wildman–Crippen MR) is 203 cm³/mol. The summed E-state index contributed by atoms with van der Waals surface area (Å²) in [5.41, 5.74) is 3.43. The molecular formula is C21H36B3I3N5O6P3. The van der Waals surface area contributed by atoms with Gasteiger partial charge in [-0.05, 0) is 20.1 Å². The van der Waals surface area contributed by atoms with Gasteiger partial charge in [-0.25, -0.2) is 0 Å². The number of nitrogens with zero attached hydrogens (tertiary/aromatic N) is 3. The number of likely N-dealkylation sites (tertiary alicyclic amines) is 2. The molecule has 3 unspecified atom stereocenters. The molecule has 1 aliphatic carbocycles. The van der Waals surface area contributed by atoms with E-state index in [9.17, 15) is 28.8 Å². The molecule has 4 amide bonds. The van der Waals surface area contributed by atoms with Gasteiger partial charge >= 0.3 is 0 Å². The van der Waals surface area contributed by atoms with E-state index in [2.05, 4.69) is 108 Å². The van der Waals surface area contributed by atoms with Gasteiger partial charge in [-0.2, -0.15) is 61.7 Å². The fourth-order valence-electron chi connectivity index (χ4n) is 3.23. The Bertz CT molecular complexity index is 825. The lowest BCUT2D eigenvalue weighted by Crippen LogP contribution is -2.50. The molecule has 20 heteroatoms. The van der Waals surface area contributed by atoms with Gasteiger partial charge in [0.15, 0.2) is 17.1 Å². The average Bonchev–Trinajstić information content (AvgIpc) is 3.56. The zero-order chi connectivity index (χ0) is 32.6. The van der Waals surface area contributed by atoms with Crippen molar-refractivity contribution < 1.29 is 28.8 Å². The van der Waals surface area contributed by atoms with Gasteiger partial charge in [-0.15, -0.1) is 0 Å². The third-order valence-electron chi connectivity index (χ3n) is 5.04. The second-order valence-electron chi connectivity index (χ2n) is 7.79. The number of carbonyl (C=O) groups excluding carboxylic acids is 6. The van der Waals surface area contributed by atoms with Gasteiger partial charge in [0.05, 0.1) is 6.54 Å². The Kier molecular flexibility index (Phi) is 31.5. The molecule has 3 N–H and O–H groups in total. The highest BCUT2D eigenvalue weighted by molar-refractivity contribution is 14.2. The molecule has 3 rings (SSSR count). The highest BCUT2D eigenvalue weighted by atomic mass is 127. The summed E-state index contributed by atoms with van der Waals surface area (Å²) in [4.78, 5) is 78.1. The highest BCUT2D eigenvalue weighted by Crippen LogP contribution is 2.33. The van der Waals surface area contributed by atoms with E-state index < -0.39 is 5.54 Å². The summed E-state index contributed by atoms with van der Waals surface area (Å²) in [6, 6.07) is 0. The minimum Gasteiger partial charge on any atom is -0.329 e. The Balaban J connectivity index is -0.000000510. The molecule has 0 aromatic carbocycles. The summed E-state index contributed by atoms with van der Waals surface area (Å²) in [6.07, 6.45) is 1.20. The smallest absolute Gasteiger partial charge is 0.229 e. The van der Waals surface area contributed by atoms with Crippen LogP contribution in [0.3, 0.4) is 0 Å². The van der Waals surface area contributed by atoms with Crippen LogP contribution in [0.4, 0.5) is 0 Å². The van der Waals surface area contributed by atoms with Crippen molar-refractivity contribution in [2.45, 2.75) is 44.1 Å².